The van der Waals surface area contributed by atoms with E-state index in [1.165, 1.54) is 23.9 Å². The van der Waals surface area contributed by atoms with Crippen LogP contribution in [0.3, 0.4) is 0 Å². The second-order valence-corrected chi connectivity index (χ2v) is 12.4. The Bertz CT molecular complexity index is 1260. The summed E-state index contributed by atoms with van der Waals surface area (Å²) in [7, 11) is 3.17. The number of carbonyl (C=O) groups excluding carboxylic acids is 2. The number of rotatable bonds is 11. The molecule has 3 atom stereocenters. The number of nitrogens with zero attached hydrogens (tertiary/aromatic N) is 5. The third-order valence-corrected chi connectivity index (χ3v) is 8.46. The predicted molar refractivity (Wildman–Crippen MR) is 147 cm³/mol. The number of aryl methyl sites for hydroxylation is 1. The third-order valence-electron chi connectivity index (χ3n) is 6.75. The SMILES string of the molecule is C[C@@H]1CN([C@@H](C)CO)C(=O)c2cc(NC(=O)CCCN(C)C)ccc2O[C@@H]1CN(C)S(=O)(=O)c1cn(C)cn1. The summed E-state index contributed by atoms with van der Waals surface area (Å²) in [5, 5.41) is 12.6. The van der Waals surface area contributed by atoms with Crippen LogP contribution < -0.4 is 10.1 Å². The Kier molecular flexibility index (Phi) is 10.1. The van der Waals surface area contributed by atoms with Crippen molar-refractivity contribution in [2.24, 2.45) is 13.0 Å². The molecule has 0 radical (unpaired) electrons. The molecule has 0 saturated carbocycles. The first-order chi connectivity index (χ1) is 18.3. The molecule has 1 aliphatic rings. The van der Waals surface area contributed by atoms with E-state index < -0.39 is 22.2 Å². The number of imidazole rings is 1. The molecule has 1 aliphatic heterocycles. The van der Waals surface area contributed by atoms with Crippen LogP contribution in [0.15, 0.2) is 35.7 Å². The molecule has 1 aromatic carbocycles. The second kappa shape index (κ2) is 12.9. The van der Waals surface area contributed by atoms with Crippen LogP contribution in [0.4, 0.5) is 5.69 Å². The Hall–Kier alpha value is -3.00. The minimum absolute atomic E-state index is 0.0133. The molecule has 0 saturated heterocycles. The Morgan fingerprint density at radius 2 is 2.03 bits per heavy atom. The number of benzene rings is 1. The quantitative estimate of drug-likeness (QED) is 0.416. The number of nitrogens with one attached hydrogen (secondary N) is 1. The summed E-state index contributed by atoms with van der Waals surface area (Å²) in [4.78, 5) is 33.6. The summed E-state index contributed by atoms with van der Waals surface area (Å²) < 4.78 is 35.3. The van der Waals surface area contributed by atoms with E-state index in [-0.39, 0.29) is 53.8 Å². The maximum absolute atomic E-state index is 13.6. The molecule has 216 valence electrons. The number of carbonyl (C=O) groups is 2. The molecule has 0 bridgehead atoms. The number of aliphatic hydroxyl groups is 1. The van der Waals surface area contributed by atoms with Crippen molar-refractivity contribution in [3.05, 3.63) is 36.3 Å². The van der Waals surface area contributed by atoms with Gasteiger partial charge in [0.2, 0.25) is 5.91 Å². The molecule has 2 amide bonds. The average molecular weight is 565 g/mol. The summed E-state index contributed by atoms with van der Waals surface area (Å²) in [6, 6.07) is 4.36. The first-order valence-electron chi connectivity index (χ1n) is 12.9. The number of hydrogen-bond acceptors (Lipinski definition) is 8. The fourth-order valence-corrected chi connectivity index (χ4v) is 5.47. The Labute approximate surface area is 230 Å². The summed E-state index contributed by atoms with van der Waals surface area (Å²) in [5.74, 6) is -0.492. The Morgan fingerprint density at radius 3 is 2.64 bits per heavy atom. The first kappa shape index (κ1) is 30.5. The second-order valence-electron chi connectivity index (χ2n) is 10.5. The molecule has 0 unspecified atom stereocenters. The minimum atomic E-state index is -3.87. The van der Waals surface area contributed by atoms with Crippen molar-refractivity contribution in [1.82, 2.24) is 23.7 Å². The maximum Gasteiger partial charge on any atom is 0.261 e. The number of aromatic nitrogens is 2. The van der Waals surface area contributed by atoms with E-state index in [9.17, 15) is 23.1 Å². The summed E-state index contributed by atoms with van der Waals surface area (Å²) >= 11 is 0. The fourth-order valence-electron chi connectivity index (χ4n) is 4.33. The van der Waals surface area contributed by atoms with Gasteiger partial charge in [-0.3, -0.25) is 9.59 Å². The number of anilines is 1. The number of amides is 2. The van der Waals surface area contributed by atoms with Gasteiger partial charge >= 0.3 is 0 Å². The van der Waals surface area contributed by atoms with Crippen molar-refractivity contribution in [3.8, 4) is 5.75 Å². The highest BCUT2D eigenvalue weighted by molar-refractivity contribution is 7.89. The van der Waals surface area contributed by atoms with Crippen LogP contribution in [0.1, 0.15) is 37.0 Å². The smallest absolute Gasteiger partial charge is 0.261 e. The molecule has 0 fully saturated rings. The molecule has 13 heteroatoms. The van der Waals surface area contributed by atoms with Crippen molar-refractivity contribution in [2.75, 3.05) is 52.7 Å². The molecule has 0 aliphatic carbocycles. The van der Waals surface area contributed by atoms with E-state index in [0.717, 1.165) is 6.54 Å². The van der Waals surface area contributed by atoms with E-state index in [0.29, 0.717) is 18.5 Å². The summed E-state index contributed by atoms with van der Waals surface area (Å²) in [5.41, 5.74) is 0.686. The van der Waals surface area contributed by atoms with Gasteiger partial charge < -0.3 is 29.5 Å². The molecule has 1 aromatic heterocycles. The Balaban J connectivity index is 1.89. The van der Waals surface area contributed by atoms with Gasteiger partial charge in [0.25, 0.3) is 15.9 Å². The lowest BCUT2D eigenvalue weighted by molar-refractivity contribution is -0.116. The number of likely N-dealkylation sites (N-methyl/N-ethyl adjacent to an activating group) is 1. The molecule has 0 spiro atoms. The van der Waals surface area contributed by atoms with Gasteiger partial charge in [0.15, 0.2) is 5.03 Å². The standard InChI is InChI=1S/C26H40N6O6S/c1-18-13-32(19(2)16-33)26(35)21-12-20(28-24(34)8-7-11-29(3)4)9-10-22(21)38-23(18)14-31(6)39(36,37)25-15-30(5)17-27-25/h9-10,12,15,17-19,23,33H,7-8,11,13-14,16H2,1-6H3,(H,28,34)/t18-,19+,23-/m1/s1. The van der Waals surface area contributed by atoms with Gasteiger partial charge in [0.05, 0.1) is 31.1 Å². The van der Waals surface area contributed by atoms with E-state index in [1.54, 1.807) is 41.6 Å². The van der Waals surface area contributed by atoms with Crippen molar-refractivity contribution >= 4 is 27.5 Å². The third kappa shape index (κ3) is 7.56. The van der Waals surface area contributed by atoms with Gasteiger partial charge in [0, 0.05) is 44.9 Å². The van der Waals surface area contributed by atoms with Crippen LogP contribution in [0.25, 0.3) is 0 Å². The highest BCUT2D eigenvalue weighted by Gasteiger charge is 2.35. The normalized spacial score (nSPS) is 18.9. The van der Waals surface area contributed by atoms with Crippen molar-refractivity contribution < 1.29 is 27.9 Å². The van der Waals surface area contributed by atoms with Gasteiger partial charge in [-0.05, 0) is 52.2 Å². The van der Waals surface area contributed by atoms with E-state index >= 15 is 0 Å². The molecule has 2 heterocycles. The molecule has 12 nitrogen and oxygen atoms in total. The number of fused-ring (bicyclic) bond motifs is 1. The molecule has 2 N–H and O–H groups in total. The van der Waals surface area contributed by atoms with Crippen LogP contribution in [-0.2, 0) is 21.9 Å². The summed E-state index contributed by atoms with van der Waals surface area (Å²) in [6.45, 7) is 4.42. The van der Waals surface area contributed by atoms with Gasteiger partial charge in [-0.15, -0.1) is 0 Å². The van der Waals surface area contributed by atoms with Crippen molar-refractivity contribution in [1.29, 1.82) is 0 Å². The van der Waals surface area contributed by atoms with E-state index in [1.807, 2.05) is 25.9 Å². The lowest BCUT2D eigenvalue weighted by atomic mass is 9.99. The number of sulfonamides is 1. The zero-order valence-electron chi connectivity index (χ0n) is 23.5. The lowest BCUT2D eigenvalue weighted by Crippen LogP contribution is -2.50. The van der Waals surface area contributed by atoms with Crippen LogP contribution in [0.5, 0.6) is 5.75 Å². The topological polar surface area (TPSA) is 137 Å². The predicted octanol–water partition coefficient (Wildman–Crippen LogP) is 1.24. The number of hydrogen-bond donors (Lipinski definition) is 2. The van der Waals surface area contributed by atoms with Gasteiger partial charge in [0.1, 0.15) is 11.9 Å². The fraction of sp³-hybridized carbons (Fsp3) is 0.577. The monoisotopic (exact) mass is 564 g/mol. The molecule has 2 aromatic rings. The zero-order chi connectivity index (χ0) is 28.9. The molecular formula is C26H40N6O6S. The molecular weight excluding hydrogens is 524 g/mol. The Morgan fingerprint density at radius 1 is 1.31 bits per heavy atom. The van der Waals surface area contributed by atoms with E-state index in [2.05, 4.69) is 10.3 Å². The maximum atomic E-state index is 13.6. The van der Waals surface area contributed by atoms with Crippen molar-refractivity contribution in [3.63, 3.8) is 0 Å². The number of ether oxygens (including phenoxy) is 1. The van der Waals surface area contributed by atoms with Crippen LogP contribution in [-0.4, -0.2) is 109 Å². The summed E-state index contributed by atoms with van der Waals surface area (Å²) in [6.07, 6.45) is 3.28. The van der Waals surface area contributed by atoms with Crippen LogP contribution >= 0.6 is 0 Å². The van der Waals surface area contributed by atoms with Crippen LogP contribution in [0.2, 0.25) is 0 Å². The van der Waals surface area contributed by atoms with Gasteiger partial charge in [-0.2, -0.15) is 4.31 Å². The van der Waals surface area contributed by atoms with Crippen LogP contribution in [0, 0.1) is 5.92 Å². The first-order valence-corrected chi connectivity index (χ1v) is 14.4. The van der Waals surface area contributed by atoms with Gasteiger partial charge in [-0.1, -0.05) is 6.92 Å². The minimum Gasteiger partial charge on any atom is -0.488 e. The highest BCUT2D eigenvalue weighted by Crippen LogP contribution is 2.31. The molecule has 39 heavy (non-hydrogen) atoms. The van der Waals surface area contributed by atoms with E-state index in [4.69, 9.17) is 4.74 Å². The largest absolute Gasteiger partial charge is 0.488 e. The average Bonchev–Trinajstić information content (AvgIpc) is 3.32. The molecule has 3 rings (SSSR count). The lowest BCUT2D eigenvalue weighted by Gasteiger charge is -2.38. The zero-order valence-corrected chi connectivity index (χ0v) is 24.3. The van der Waals surface area contributed by atoms with Crippen molar-refractivity contribution in [2.45, 2.75) is 43.9 Å². The number of aliphatic hydroxyl groups excluding tert-OH is 1. The highest BCUT2D eigenvalue weighted by atomic mass is 32.2. The van der Waals surface area contributed by atoms with Gasteiger partial charge in [-0.25, -0.2) is 13.4 Å².